The summed E-state index contributed by atoms with van der Waals surface area (Å²) in [7, 11) is 1.29. The number of amides is 1. The molecule has 1 atom stereocenters. The van der Waals surface area contributed by atoms with E-state index in [1.54, 1.807) is 12.1 Å². The van der Waals surface area contributed by atoms with E-state index < -0.39 is 17.6 Å². The molecule has 4 N–H and O–H groups in total. The number of methoxy groups -OCH3 is 1. The van der Waals surface area contributed by atoms with Gasteiger partial charge in [0, 0.05) is 6.42 Å². The maximum absolute atomic E-state index is 12.5. The van der Waals surface area contributed by atoms with Gasteiger partial charge in [-0.2, -0.15) is 0 Å². The molecule has 0 aromatic heterocycles. The Balaban J connectivity index is 2.07. The molecule has 0 unspecified atom stereocenters. The summed E-state index contributed by atoms with van der Waals surface area (Å²) >= 11 is 0. The van der Waals surface area contributed by atoms with Gasteiger partial charge in [-0.3, -0.25) is 4.79 Å². The highest BCUT2D eigenvalue weighted by atomic mass is 16.5. The number of nitrogens with two attached hydrogens (primary N) is 1. The summed E-state index contributed by atoms with van der Waals surface area (Å²) in [5.74, 6) is -0.660. The minimum atomic E-state index is -0.903. The molecule has 1 saturated carbocycles. The highest BCUT2D eigenvalue weighted by molar-refractivity contribution is 5.90. The number of rotatable bonds is 5. The molecule has 1 fully saturated rings. The van der Waals surface area contributed by atoms with Gasteiger partial charge in [0.05, 0.1) is 12.6 Å². The molecule has 0 heterocycles. The third-order valence-corrected chi connectivity index (χ3v) is 4.37. The second kappa shape index (κ2) is 7.46. The predicted molar refractivity (Wildman–Crippen MR) is 85.8 cm³/mol. The molecule has 1 aromatic rings. The number of carbonyl (C=O) groups excluding carboxylic acids is 2. The van der Waals surface area contributed by atoms with Gasteiger partial charge >= 0.3 is 5.97 Å². The van der Waals surface area contributed by atoms with Crippen molar-refractivity contribution in [3.63, 3.8) is 0 Å². The standard InChI is InChI=1S/C17H24N2O4/c1-23-15(21)14(11-12-5-7-13(20)8-6-12)19-16(22)17(18)9-3-2-4-10-17/h5-8,14,20H,2-4,9-11,18H2,1H3,(H,19,22)/t14-/m0/s1. The lowest BCUT2D eigenvalue weighted by atomic mass is 9.81. The predicted octanol–water partition coefficient (Wildman–Crippen LogP) is 1.25. The minimum absolute atomic E-state index is 0.149. The lowest BCUT2D eigenvalue weighted by molar-refractivity contribution is -0.146. The number of hydrogen-bond donors (Lipinski definition) is 3. The Bertz CT molecular complexity index is 550. The van der Waals surface area contributed by atoms with Crippen molar-refractivity contribution in [1.82, 2.24) is 5.32 Å². The van der Waals surface area contributed by atoms with Crippen LogP contribution in [-0.2, 0) is 20.7 Å². The van der Waals surface area contributed by atoms with Crippen LogP contribution in [0.4, 0.5) is 0 Å². The number of benzene rings is 1. The van der Waals surface area contributed by atoms with Gasteiger partial charge in [-0.1, -0.05) is 31.4 Å². The Labute approximate surface area is 136 Å². The van der Waals surface area contributed by atoms with E-state index in [0.29, 0.717) is 12.8 Å². The summed E-state index contributed by atoms with van der Waals surface area (Å²) in [6.07, 6.45) is 4.47. The van der Waals surface area contributed by atoms with Gasteiger partial charge in [-0.25, -0.2) is 4.79 Å². The normalized spacial score (nSPS) is 18.0. The first-order chi connectivity index (χ1) is 10.9. The SMILES string of the molecule is COC(=O)[C@H](Cc1ccc(O)cc1)NC(=O)C1(N)CCCCC1. The fourth-order valence-corrected chi connectivity index (χ4v) is 2.91. The number of carbonyl (C=O) groups is 2. The van der Waals surface area contributed by atoms with Crippen LogP contribution in [0.1, 0.15) is 37.7 Å². The average molecular weight is 320 g/mol. The van der Waals surface area contributed by atoms with Crippen LogP contribution in [-0.4, -0.2) is 35.7 Å². The zero-order valence-corrected chi connectivity index (χ0v) is 13.4. The van der Waals surface area contributed by atoms with Gasteiger partial charge < -0.3 is 20.9 Å². The monoisotopic (exact) mass is 320 g/mol. The van der Waals surface area contributed by atoms with Gasteiger partial charge in [0.25, 0.3) is 0 Å². The average Bonchev–Trinajstić information content (AvgIpc) is 2.56. The minimum Gasteiger partial charge on any atom is -0.508 e. The quantitative estimate of drug-likeness (QED) is 0.709. The van der Waals surface area contributed by atoms with Gasteiger partial charge in [-0.15, -0.1) is 0 Å². The van der Waals surface area contributed by atoms with Crippen LogP contribution in [0.5, 0.6) is 5.75 Å². The summed E-state index contributed by atoms with van der Waals surface area (Å²) in [6, 6.07) is 5.69. The molecule has 0 saturated heterocycles. The molecule has 6 nitrogen and oxygen atoms in total. The highest BCUT2D eigenvalue weighted by Gasteiger charge is 2.37. The Hall–Kier alpha value is -2.08. The third kappa shape index (κ3) is 4.45. The second-order valence-corrected chi connectivity index (χ2v) is 6.14. The van der Waals surface area contributed by atoms with Crippen LogP contribution in [0, 0.1) is 0 Å². The van der Waals surface area contributed by atoms with Gasteiger partial charge in [0.2, 0.25) is 5.91 Å². The molecule has 2 rings (SSSR count). The molecular formula is C17H24N2O4. The fourth-order valence-electron chi connectivity index (χ4n) is 2.91. The van der Waals surface area contributed by atoms with Gasteiger partial charge in [-0.05, 0) is 30.5 Å². The smallest absolute Gasteiger partial charge is 0.328 e. The van der Waals surface area contributed by atoms with Gasteiger partial charge in [0.1, 0.15) is 11.8 Å². The van der Waals surface area contributed by atoms with E-state index in [9.17, 15) is 14.7 Å². The zero-order valence-electron chi connectivity index (χ0n) is 13.4. The van der Waals surface area contributed by atoms with Crippen molar-refractivity contribution >= 4 is 11.9 Å². The molecule has 1 aliphatic rings. The number of ether oxygens (including phenoxy) is 1. The van der Waals surface area contributed by atoms with Crippen LogP contribution in [0.2, 0.25) is 0 Å². The molecule has 126 valence electrons. The van der Waals surface area contributed by atoms with E-state index in [1.165, 1.54) is 19.2 Å². The molecule has 0 bridgehead atoms. The van der Waals surface area contributed by atoms with E-state index in [0.717, 1.165) is 24.8 Å². The van der Waals surface area contributed by atoms with E-state index >= 15 is 0 Å². The number of nitrogens with one attached hydrogen (secondary N) is 1. The van der Waals surface area contributed by atoms with Crippen LogP contribution in [0.25, 0.3) is 0 Å². The van der Waals surface area contributed by atoms with Crippen molar-refractivity contribution in [2.24, 2.45) is 5.73 Å². The van der Waals surface area contributed by atoms with E-state index in [1.807, 2.05) is 0 Å². The first-order valence-corrected chi connectivity index (χ1v) is 7.90. The number of aromatic hydroxyl groups is 1. The molecular weight excluding hydrogens is 296 g/mol. The molecule has 0 spiro atoms. The van der Waals surface area contributed by atoms with E-state index in [2.05, 4.69) is 5.32 Å². The third-order valence-electron chi connectivity index (χ3n) is 4.37. The van der Waals surface area contributed by atoms with Crippen LogP contribution < -0.4 is 11.1 Å². The van der Waals surface area contributed by atoms with Gasteiger partial charge in [0.15, 0.2) is 0 Å². The largest absolute Gasteiger partial charge is 0.508 e. The molecule has 1 aliphatic carbocycles. The molecule has 1 amide bonds. The van der Waals surface area contributed by atoms with Crippen molar-refractivity contribution in [3.8, 4) is 5.75 Å². The maximum Gasteiger partial charge on any atom is 0.328 e. The first-order valence-electron chi connectivity index (χ1n) is 7.90. The number of phenols is 1. The van der Waals surface area contributed by atoms with Crippen LogP contribution >= 0.6 is 0 Å². The van der Waals surface area contributed by atoms with E-state index in [-0.39, 0.29) is 18.1 Å². The number of hydrogen-bond acceptors (Lipinski definition) is 5. The molecule has 6 heteroatoms. The molecule has 23 heavy (non-hydrogen) atoms. The maximum atomic E-state index is 12.5. The summed E-state index contributed by atoms with van der Waals surface area (Å²) in [5.41, 5.74) is 6.12. The molecule has 1 aromatic carbocycles. The first kappa shape index (κ1) is 17.3. The highest BCUT2D eigenvalue weighted by Crippen LogP contribution is 2.26. The summed E-state index contributed by atoms with van der Waals surface area (Å²) in [5, 5.41) is 12.1. The lowest BCUT2D eigenvalue weighted by Gasteiger charge is -2.33. The van der Waals surface area contributed by atoms with Crippen molar-refractivity contribution < 1.29 is 19.4 Å². The number of esters is 1. The van der Waals surface area contributed by atoms with Crippen LogP contribution in [0.3, 0.4) is 0 Å². The van der Waals surface area contributed by atoms with Crippen molar-refractivity contribution in [2.75, 3.05) is 7.11 Å². The second-order valence-electron chi connectivity index (χ2n) is 6.14. The van der Waals surface area contributed by atoms with Crippen molar-refractivity contribution in [2.45, 2.75) is 50.1 Å². The summed E-state index contributed by atoms with van der Waals surface area (Å²) < 4.78 is 4.79. The Morgan fingerprint density at radius 1 is 1.26 bits per heavy atom. The Morgan fingerprint density at radius 2 is 1.87 bits per heavy atom. The number of phenolic OH excluding ortho intramolecular Hbond substituents is 1. The Morgan fingerprint density at radius 3 is 2.43 bits per heavy atom. The van der Waals surface area contributed by atoms with Crippen LogP contribution in [0.15, 0.2) is 24.3 Å². The molecule has 0 aliphatic heterocycles. The topological polar surface area (TPSA) is 102 Å². The summed E-state index contributed by atoms with van der Waals surface area (Å²) in [6.45, 7) is 0. The van der Waals surface area contributed by atoms with E-state index in [4.69, 9.17) is 10.5 Å². The molecule has 0 radical (unpaired) electrons. The zero-order chi connectivity index (χ0) is 16.9. The fraction of sp³-hybridized carbons (Fsp3) is 0.529. The summed E-state index contributed by atoms with van der Waals surface area (Å²) in [4.78, 5) is 24.5. The van der Waals surface area contributed by atoms with Crippen molar-refractivity contribution in [1.29, 1.82) is 0 Å². The Kier molecular flexibility index (Phi) is 5.60. The lowest BCUT2D eigenvalue weighted by Crippen LogP contribution is -2.58. The van der Waals surface area contributed by atoms with Crippen molar-refractivity contribution in [3.05, 3.63) is 29.8 Å².